The van der Waals surface area contributed by atoms with Gasteiger partial charge in [-0.2, -0.15) is 13.2 Å². The first-order chi connectivity index (χ1) is 18.5. The molecule has 1 aromatic carbocycles. The van der Waals surface area contributed by atoms with Gasteiger partial charge in [-0.05, 0) is 24.6 Å². The van der Waals surface area contributed by atoms with E-state index >= 15 is 0 Å². The lowest BCUT2D eigenvalue weighted by atomic mass is 10.1. The molecule has 2 fully saturated rings. The van der Waals surface area contributed by atoms with E-state index in [0.717, 1.165) is 22.8 Å². The third kappa shape index (κ3) is 6.93. The maximum atomic E-state index is 13.0. The Labute approximate surface area is 220 Å². The van der Waals surface area contributed by atoms with Gasteiger partial charge in [0.1, 0.15) is 24.4 Å². The van der Waals surface area contributed by atoms with Gasteiger partial charge >= 0.3 is 11.9 Å². The Morgan fingerprint density at radius 2 is 1.95 bits per heavy atom. The van der Waals surface area contributed by atoms with Crippen LogP contribution in [0.2, 0.25) is 0 Å². The number of H-pyrrole nitrogens is 1. The number of rotatable bonds is 10. The third-order valence-electron chi connectivity index (χ3n) is 6.71. The van der Waals surface area contributed by atoms with Crippen LogP contribution in [-0.2, 0) is 26.8 Å². The van der Waals surface area contributed by atoms with Crippen molar-refractivity contribution in [2.45, 2.75) is 68.2 Å². The standard InChI is InChI=1S/C24H31F3N4O8/c25-24(26,27)13-3-1-2-12(8-13)4-6-29-11-17(39-22-20(35)19(34)16(10-28)38-22)15-9-14(32)21(37-15)31-7-5-18(33)30-23(31)36/h1-3,5,7-8,14-17,19-22,29,32,34-35H,4,6,9-11,28H2,(H,30,33,36)/t14-,15+,16-,17+,19-,20-,21-,22+/m1/s1. The van der Waals surface area contributed by atoms with Crippen molar-refractivity contribution in [3.8, 4) is 0 Å². The summed E-state index contributed by atoms with van der Waals surface area (Å²) >= 11 is 0. The second-order valence-electron chi connectivity index (χ2n) is 9.47. The molecule has 0 radical (unpaired) electrons. The molecule has 216 valence electrons. The molecule has 0 bridgehead atoms. The Hall–Kier alpha value is -2.63. The number of benzene rings is 1. The van der Waals surface area contributed by atoms with Crippen molar-refractivity contribution in [1.82, 2.24) is 14.9 Å². The van der Waals surface area contributed by atoms with E-state index < -0.39 is 72.1 Å². The smallest absolute Gasteiger partial charge is 0.388 e. The van der Waals surface area contributed by atoms with Gasteiger partial charge < -0.3 is 40.6 Å². The lowest BCUT2D eigenvalue weighted by Gasteiger charge is -2.28. The molecule has 0 amide bonds. The molecule has 0 aliphatic carbocycles. The summed E-state index contributed by atoms with van der Waals surface area (Å²) in [7, 11) is 0. The second kappa shape index (κ2) is 12.3. The Balaban J connectivity index is 1.44. The summed E-state index contributed by atoms with van der Waals surface area (Å²) in [6, 6.07) is 6.06. The highest BCUT2D eigenvalue weighted by Crippen LogP contribution is 2.33. The van der Waals surface area contributed by atoms with Crippen LogP contribution in [0.3, 0.4) is 0 Å². The van der Waals surface area contributed by atoms with Gasteiger partial charge in [0.2, 0.25) is 0 Å². The minimum absolute atomic E-state index is 0.00188. The summed E-state index contributed by atoms with van der Waals surface area (Å²) in [5.74, 6) is 0. The van der Waals surface area contributed by atoms with E-state index in [1.807, 2.05) is 0 Å². The van der Waals surface area contributed by atoms with Crippen LogP contribution in [0, 0.1) is 0 Å². The number of nitrogens with one attached hydrogen (secondary N) is 2. The summed E-state index contributed by atoms with van der Waals surface area (Å²) in [4.78, 5) is 25.7. The quantitative estimate of drug-likeness (QED) is 0.194. The first-order valence-electron chi connectivity index (χ1n) is 12.4. The van der Waals surface area contributed by atoms with E-state index in [1.165, 1.54) is 12.3 Å². The summed E-state index contributed by atoms with van der Waals surface area (Å²) < 4.78 is 57.4. The SMILES string of the molecule is NC[C@H]1O[C@@H](O[C@@H](CNCCc2cccc(C(F)(F)F)c2)[C@@H]2C[C@@H](O)[C@H](n3ccc(=O)[nH]c3=O)O2)[C@H](O)[C@@H]1O. The van der Waals surface area contributed by atoms with Crippen LogP contribution in [-0.4, -0.2) is 87.4 Å². The molecule has 0 spiro atoms. The van der Waals surface area contributed by atoms with Gasteiger partial charge in [0.25, 0.3) is 5.56 Å². The molecule has 2 aliphatic heterocycles. The second-order valence-corrected chi connectivity index (χ2v) is 9.47. The third-order valence-corrected chi connectivity index (χ3v) is 6.71. The van der Waals surface area contributed by atoms with E-state index in [0.29, 0.717) is 5.56 Å². The molecule has 0 saturated carbocycles. The first kappa shape index (κ1) is 29.4. The molecule has 1 aromatic heterocycles. The number of nitrogens with two attached hydrogens (primary N) is 1. The maximum absolute atomic E-state index is 13.0. The van der Waals surface area contributed by atoms with Gasteiger partial charge in [0.05, 0.1) is 17.8 Å². The van der Waals surface area contributed by atoms with E-state index in [4.69, 9.17) is 19.9 Å². The fourth-order valence-electron chi connectivity index (χ4n) is 4.64. The Morgan fingerprint density at radius 3 is 2.62 bits per heavy atom. The number of ether oxygens (including phenoxy) is 3. The zero-order valence-electron chi connectivity index (χ0n) is 20.7. The van der Waals surface area contributed by atoms with E-state index in [-0.39, 0.29) is 32.5 Å². The van der Waals surface area contributed by atoms with Crippen LogP contribution < -0.4 is 22.3 Å². The highest BCUT2D eigenvalue weighted by Gasteiger charge is 2.46. The van der Waals surface area contributed by atoms with Crippen molar-refractivity contribution in [1.29, 1.82) is 0 Å². The van der Waals surface area contributed by atoms with Crippen LogP contribution in [0.1, 0.15) is 23.8 Å². The lowest BCUT2D eigenvalue weighted by molar-refractivity contribution is -0.213. The van der Waals surface area contributed by atoms with Gasteiger partial charge in [-0.15, -0.1) is 0 Å². The van der Waals surface area contributed by atoms with Gasteiger partial charge in [0, 0.05) is 31.8 Å². The molecule has 2 aliphatic rings. The molecule has 12 nitrogen and oxygen atoms in total. The number of hydrogen-bond acceptors (Lipinski definition) is 10. The maximum Gasteiger partial charge on any atom is 0.416 e. The van der Waals surface area contributed by atoms with Crippen LogP contribution in [0.15, 0.2) is 46.1 Å². The topological polar surface area (TPSA) is 181 Å². The van der Waals surface area contributed by atoms with Gasteiger partial charge in [-0.25, -0.2) is 4.79 Å². The van der Waals surface area contributed by atoms with E-state index in [1.54, 1.807) is 6.07 Å². The molecule has 0 unspecified atom stereocenters. The Morgan fingerprint density at radius 1 is 1.18 bits per heavy atom. The summed E-state index contributed by atoms with van der Waals surface area (Å²) in [6.45, 7) is 0.231. The van der Waals surface area contributed by atoms with Crippen LogP contribution >= 0.6 is 0 Å². The fraction of sp³-hybridized carbons (Fsp3) is 0.583. The number of halogens is 3. The Bertz CT molecular complexity index is 1220. The highest BCUT2D eigenvalue weighted by molar-refractivity contribution is 5.25. The number of alkyl halides is 3. The number of aromatic nitrogens is 2. The predicted octanol–water partition coefficient (Wildman–Crippen LogP) is -1.17. The normalized spacial score (nSPS) is 30.1. The minimum atomic E-state index is -4.46. The van der Waals surface area contributed by atoms with Crippen molar-refractivity contribution >= 4 is 0 Å². The van der Waals surface area contributed by atoms with Gasteiger partial charge in [-0.3, -0.25) is 14.3 Å². The number of aliphatic hydroxyl groups excluding tert-OH is 3. The number of nitrogens with zero attached hydrogens (tertiary/aromatic N) is 1. The van der Waals surface area contributed by atoms with Crippen molar-refractivity contribution in [3.05, 3.63) is 68.5 Å². The molecule has 2 saturated heterocycles. The zero-order chi connectivity index (χ0) is 28.3. The summed E-state index contributed by atoms with van der Waals surface area (Å²) in [5.41, 5.74) is 3.87. The number of hydrogen-bond donors (Lipinski definition) is 6. The van der Waals surface area contributed by atoms with Crippen molar-refractivity contribution < 1.29 is 42.7 Å². The molecular weight excluding hydrogens is 529 g/mol. The monoisotopic (exact) mass is 560 g/mol. The highest BCUT2D eigenvalue weighted by atomic mass is 19.4. The number of aliphatic hydroxyl groups is 3. The van der Waals surface area contributed by atoms with E-state index in [9.17, 15) is 38.1 Å². The molecule has 8 atom stereocenters. The molecule has 4 rings (SSSR count). The lowest BCUT2D eigenvalue weighted by Crippen LogP contribution is -2.44. The number of aromatic amines is 1. The average molecular weight is 561 g/mol. The molecule has 7 N–H and O–H groups in total. The molecule has 39 heavy (non-hydrogen) atoms. The Kier molecular flexibility index (Phi) is 9.23. The van der Waals surface area contributed by atoms with Gasteiger partial charge in [0.15, 0.2) is 12.5 Å². The van der Waals surface area contributed by atoms with Crippen LogP contribution in [0.4, 0.5) is 13.2 Å². The average Bonchev–Trinajstić information content (AvgIpc) is 3.39. The summed E-state index contributed by atoms with van der Waals surface area (Å²) in [5, 5.41) is 34.2. The summed E-state index contributed by atoms with van der Waals surface area (Å²) in [6.07, 6.45) is -11.9. The molecule has 3 heterocycles. The molecule has 15 heteroatoms. The van der Waals surface area contributed by atoms with Gasteiger partial charge in [-0.1, -0.05) is 18.2 Å². The zero-order valence-corrected chi connectivity index (χ0v) is 20.7. The van der Waals surface area contributed by atoms with Crippen LogP contribution in [0.5, 0.6) is 0 Å². The predicted molar refractivity (Wildman–Crippen MR) is 128 cm³/mol. The van der Waals surface area contributed by atoms with Crippen molar-refractivity contribution in [2.24, 2.45) is 5.73 Å². The van der Waals surface area contributed by atoms with Crippen LogP contribution in [0.25, 0.3) is 0 Å². The van der Waals surface area contributed by atoms with Crippen molar-refractivity contribution in [2.75, 3.05) is 19.6 Å². The minimum Gasteiger partial charge on any atom is -0.388 e. The fourth-order valence-corrected chi connectivity index (χ4v) is 4.64. The molecule has 2 aromatic rings. The molecular formula is C24H31F3N4O8. The first-order valence-corrected chi connectivity index (χ1v) is 12.4. The van der Waals surface area contributed by atoms with Crippen molar-refractivity contribution in [3.63, 3.8) is 0 Å². The van der Waals surface area contributed by atoms with E-state index in [2.05, 4.69) is 10.3 Å². The largest absolute Gasteiger partial charge is 0.416 e.